The second kappa shape index (κ2) is 5.80. The van der Waals surface area contributed by atoms with Gasteiger partial charge in [0.2, 0.25) is 0 Å². The summed E-state index contributed by atoms with van der Waals surface area (Å²) in [6.07, 6.45) is 1.51. The highest BCUT2D eigenvalue weighted by atomic mass is 35.5. The van der Waals surface area contributed by atoms with Gasteiger partial charge in [0, 0.05) is 22.4 Å². The minimum atomic E-state index is -0.0839. The lowest BCUT2D eigenvalue weighted by molar-refractivity contribution is 0.103. The van der Waals surface area contributed by atoms with Crippen LogP contribution in [0.2, 0.25) is 5.02 Å². The Labute approximate surface area is 114 Å². The zero-order valence-corrected chi connectivity index (χ0v) is 11.2. The Hall–Kier alpha value is -0.640. The van der Waals surface area contributed by atoms with Crippen molar-refractivity contribution in [2.45, 2.75) is 6.10 Å². The second-order valence-corrected chi connectivity index (χ2v) is 5.31. The summed E-state index contributed by atoms with van der Waals surface area (Å²) in [5.41, 5.74) is 0.598. The molecule has 1 aliphatic heterocycles. The molecule has 0 aromatic heterocycles. The lowest BCUT2D eigenvalue weighted by Gasteiger charge is -2.03. The molecule has 17 heavy (non-hydrogen) atoms. The molecule has 0 aliphatic carbocycles. The minimum absolute atomic E-state index is 0.00549. The fourth-order valence-electron chi connectivity index (χ4n) is 1.36. The molecule has 1 aliphatic rings. The van der Waals surface area contributed by atoms with Crippen LogP contribution in [0.5, 0.6) is 0 Å². The Morgan fingerprint density at radius 1 is 1.47 bits per heavy atom. The van der Waals surface area contributed by atoms with E-state index in [1.807, 2.05) is 0 Å². The predicted octanol–water partition coefficient (Wildman–Crippen LogP) is 3.73. The van der Waals surface area contributed by atoms with E-state index in [-0.39, 0.29) is 11.9 Å². The maximum absolute atomic E-state index is 11.9. The first kappa shape index (κ1) is 12.8. The lowest BCUT2D eigenvalue weighted by Crippen LogP contribution is -2.09. The lowest BCUT2D eigenvalue weighted by atomic mass is 10.1. The van der Waals surface area contributed by atoms with Crippen molar-refractivity contribution in [2.75, 3.05) is 11.6 Å². The summed E-state index contributed by atoms with van der Waals surface area (Å²) in [6.45, 7) is 0. The van der Waals surface area contributed by atoms with Crippen LogP contribution in [0.4, 0.5) is 0 Å². The number of halogens is 2. The van der Waals surface area contributed by atoms with Gasteiger partial charge in [0.1, 0.15) is 6.10 Å². The molecular weight excluding hydrogens is 279 g/mol. The molecular formula is C12H10Cl2O2S. The third-order valence-corrected chi connectivity index (χ3v) is 3.88. The number of alkyl halides is 1. The smallest absolute Gasteiger partial charge is 0.190 e. The van der Waals surface area contributed by atoms with Crippen molar-refractivity contribution in [2.24, 2.45) is 0 Å². The van der Waals surface area contributed by atoms with Gasteiger partial charge in [-0.2, -0.15) is 0 Å². The number of carbonyl (C=O) groups is 1. The van der Waals surface area contributed by atoms with Crippen molar-refractivity contribution in [1.29, 1.82) is 0 Å². The molecule has 1 saturated heterocycles. The number of benzene rings is 1. The normalized spacial score (nSPS) is 21.5. The molecule has 2 nitrogen and oxygen atoms in total. The van der Waals surface area contributed by atoms with Crippen molar-refractivity contribution in [3.63, 3.8) is 0 Å². The van der Waals surface area contributed by atoms with Gasteiger partial charge in [0.05, 0.1) is 5.88 Å². The molecule has 1 atom stereocenters. The molecule has 0 N–H and O–H groups in total. The van der Waals surface area contributed by atoms with Crippen molar-refractivity contribution in [3.05, 3.63) is 46.0 Å². The van der Waals surface area contributed by atoms with Crippen LogP contribution in [0.1, 0.15) is 10.4 Å². The molecule has 0 radical (unpaired) electrons. The van der Waals surface area contributed by atoms with Gasteiger partial charge in [-0.15, -0.1) is 11.6 Å². The van der Waals surface area contributed by atoms with Gasteiger partial charge >= 0.3 is 0 Å². The molecule has 0 saturated carbocycles. The number of rotatable bonds is 3. The number of hydrogen-bond acceptors (Lipinski definition) is 3. The van der Waals surface area contributed by atoms with Gasteiger partial charge < -0.3 is 4.74 Å². The highest BCUT2D eigenvalue weighted by Crippen LogP contribution is 2.29. The van der Waals surface area contributed by atoms with Crippen LogP contribution in [-0.2, 0) is 4.74 Å². The van der Waals surface area contributed by atoms with E-state index in [1.54, 1.807) is 24.3 Å². The first-order valence-electron chi connectivity index (χ1n) is 5.06. The van der Waals surface area contributed by atoms with E-state index < -0.39 is 0 Å². The number of thioether (sulfide) groups is 1. The van der Waals surface area contributed by atoms with Gasteiger partial charge in [-0.1, -0.05) is 23.4 Å². The number of hydrogen-bond donors (Lipinski definition) is 0. The molecule has 90 valence electrons. The average Bonchev–Trinajstić information content (AvgIpc) is 2.77. The van der Waals surface area contributed by atoms with E-state index in [4.69, 9.17) is 27.9 Å². The SMILES string of the molecule is O=C(/C=C1/O[C@@H](CCl)CS1)c1ccc(Cl)cc1. The number of ether oxygens (including phenoxy) is 1. The molecule has 0 unspecified atom stereocenters. The molecule has 5 heteroatoms. The summed E-state index contributed by atoms with van der Waals surface area (Å²) in [7, 11) is 0. The Morgan fingerprint density at radius 2 is 2.18 bits per heavy atom. The summed E-state index contributed by atoms with van der Waals surface area (Å²) < 4.78 is 5.47. The first-order valence-corrected chi connectivity index (χ1v) is 6.96. The topological polar surface area (TPSA) is 26.3 Å². The molecule has 1 fully saturated rings. The summed E-state index contributed by atoms with van der Waals surface area (Å²) in [5.74, 6) is 1.15. The molecule has 0 bridgehead atoms. The Balaban J connectivity index is 2.06. The summed E-state index contributed by atoms with van der Waals surface area (Å²) in [4.78, 5) is 11.9. The van der Waals surface area contributed by atoms with E-state index in [1.165, 1.54) is 17.8 Å². The molecule has 1 aromatic rings. The molecule has 0 spiro atoms. The monoisotopic (exact) mass is 288 g/mol. The predicted molar refractivity (Wildman–Crippen MR) is 71.9 cm³/mol. The van der Waals surface area contributed by atoms with Crippen LogP contribution >= 0.6 is 35.0 Å². The fraction of sp³-hybridized carbons (Fsp3) is 0.250. The molecule has 1 aromatic carbocycles. The van der Waals surface area contributed by atoms with Crippen LogP contribution in [-0.4, -0.2) is 23.5 Å². The Morgan fingerprint density at radius 3 is 2.76 bits per heavy atom. The zero-order valence-electron chi connectivity index (χ0n) is 8.86. The average molecular weight is 289 g/mol. The maximum atomic E-state index is 11.9. The minimum Gasteiger partial charge on any atom is -0.482 e. The van der Waals surface area contributed by atoms with E-state index in [9.17, 15) is 4.79 Å². The third kappa shape index (κ3) is 3.41. The van der Waals surface area contributed by atoms with E-state index in [2.05, 4.69) is 0 Å². The van der Waals surface area contributed by atoms with Crippen LogP contribution in [0.25, 0.3) is 0 Å². The van der Waals surface area contributed by atoms with Crippen LogP contribution in [0.15, 0.2) is 35.4 Å². The highest BCUT2D eigenvalue weighted by molar-refractivity contribution is 8.03. The van der Waals surface area contributed by atoms with Crippen molar-refractivity contribution >= 4 is 40.7 Å². The molecule has 2 rings (SSSR count). The van der Waals surface area contributed by atoms with E-state index in [0.717, 1.165) is 5.75 Å². The summed E-state index contributed by atoms with van der Waals surface area (Å²) in [5, 5.41) is 1.25. The van der Waals surface area contributed by atoms with Crippen molar-refractivity contribution in [1.82, 2.24) is 0 Å². The van der Waals surface area contributed by atoms with Gasteiger partial charge in [-0.05, 0) is 24.3 Å². The van der Waals surface area contributed by atoms with Crippen molar-refractivity contribution in [3.8, 4) is 0 Å². The maximum Gasteiger partial charge on any atom is 0.190 e. The highest BCUT2D eigenvalue weighted by Gasteiger charge is 2.21. The van der Waals surface area contributed by atoms with Gasteiger partial charge in [0.15, 0.2) is 10.9 Å². The van der Waals surface area contributed by atoms with E-state index in [0.29, 0.717) is 21.6 Å². The number of ketones is 1. The summed E-state index contributed by atoms with van der Waals surface area (Å²) >= 11 is 12.9. The molecule has 0 amide bonds. The number of allylic oxidation sites excluding steroid dienone is 1. The van der Waals surface area contributed by atoms with Gasteiger partial charge in [0.25, 0.3) is 0 Å². The first-order chi connectivity index (χ1) is 8.19. The quantitative estimate of drug-likeness (QED) is 0.482. The largest absolute Gasteiger partial charge is 0.482 e. The zero-order chi connectivity index (χ0) is 12.3. The Kier molecular flexibility index (Phi) is 4.37. The van der Waals surface area contributed by atoms with Gasteiger partial charge in [-0.25, -0.2) is 0 Å². The van der Waals surface area contributed by atoms with Crippen LogP contribution in [0.3, 0.4) is 0 Å². The standard InChI is InChI=1S/C12H10Cl2O2S/c13-6-10-7-17-12(16-10)5-11(15)8-1-3-9(14)4-2-8/h1-5,10H,6-7H2/b12-5-/t10-/m0/s1. The van der Waals surface area contributed by atoms with Gasteiger partial charge in [-0.3, -0.25) is 4.79 Å². The van der Waals surface area contributed by atoms with Crippen LogP contribution < -0.4 is 0 Å². The Bertz CT molecular complexity index is 442. The van der Waals surface area contributed by atoms with E-state index >= 15 is 0 Å². The van der Waals surface area contributed by atoms with Crippen LogP contribution in [0, 0.1) is 0 Å². The second-order valence-electron chi connectivity index (χ2n) is 3.54. The molecule has 1 heterocycles. The third-order valence-electron chi connectivity index (χ3n) is 2.24. The fourth-order valence-corrected chi connectivity index (χ4v) is 2.72. The van der Waals surface area contributed by atoms with Crippen molar-refractivity contribution < 1.29 is 9.53 Å². The summed E-state index contributed by atoms with van der Waals surface area (Å²) in [6, 6.07) is 6.77. The number of carbonyl (C=O) groups excluding carboxylic acids is 1.